The van der Waals surface area contributed by atoms with E-state index >= 15 is 0 Å². The third-order valence-electron chi connectivity index (χ3n) is 4.58. The number of aromatic nitrogens is 4. The highest BCUT2D eigenvalue weighted by Gasteiger charge is 2.34. The lowest BCUT2D eigenvalue weighted by Crippen LogP contribution is -2.33. The number of tetrazole rings is 1. The Morgan fingerprint density at radius 2 is 2.00 bits per heavy atom. The summed E-state index contributed by atoms with van der Waals surface area (Å²) in [6.45, 7) is 0.694. The molecule has 0 saturated heterocycles. The number of hydrogen-bond acceptors (Lipinski definition) is 4. The molecule has 1 aromatic heterocycles. The summed E-state index contributed by atoms with van der Waals surface area (Å²) < 4.78 is 15.8. The highest BCUT2D eigenvalue weighted by atomic mass is 35.5. The van der Waals surface area contributed by atoms with Crippen LogP contribution in [-0.2, 0) is 13.1 Å². The fraction of sp³-hybridized carbons (Fsp3) is 0.263. The molecule has 1 heterocycles. The Hall–Kier alpha value is -2.80. The number of nitrogens with zero attached hydrogens (tertiary/aromatic N) is 5. The van der Waals surface area contributed by atoms with Gasteiger partial charge in [0.25, 0.3) is 5.91 Å². The lowest BCUT2D eigenvalue weighted by molar-refractivity contribution is 0.0728. The Labute approximate surface area is 160 Å². The first kappa shape index (κ1) is 17.6. The van der Waals surface area contributed by atoms with Gasteiger partial charge in [0.15, 0.2) is 0 Å². The van der Waals surface area contributed by atoms with Crippen LogP contribution in [0.3, 0.4) is 0 Å². The molecule has 138 valence electrons. The molecule has 1 saturated carbocycles. The maximum atomic E-state index is 14.2. The third-order valence-corrected chi connectivity index (χ3v) is 4.93. The highest BCUT2D eigenvalue weighted by molar-refractivity contribution is 6.31. The summed E-state index contributed by atoms with van der Waals surface area (Å²) in [6, 6.07) is 12.0. The average molecular weight is 386 g/mol. The van der Waals surface area contributed by atoms with Crippen LogP contribution in [0, 0.1) is 5.82 Å². The van der Waals surface area contributed by atoms with Gasteiger partial charge in [0.1, 0.15) is 12.1 Å². The Balaban J connectivity index is 1.52. The van der Waals surface area contributed by atoms with Crippen LogP contribution in [0.4, 0.5) is 4.39 Å². The van der Waals surface area contributed by atoms with E-state index in [2.05, 4.69) is 15.5 Å². The Morgan fingerprint density at radius 3 is 2.63 bits per heavy atom. The van der Waals surface area contributed by atoms with Crippen molar-refractivity contribution in [3.05, 3.63) is 76.3 Å². The molecule has 3 aromatic rings. The first-order valence-electron chi connectivity index (χ1n) is 8.65. The van der Waals surface area contributed by atoms with Gasteiger partial charge in [-0.2, -0.15) is 0 Å². The second-order valence-corrected chi connectivity index (χ2v) is 6.98. The summed E-state index contributed by atoms with van der Waals surface area (Å²) in [5, 5.41) is 11.4. The molecule has 0 unspecified atom stereocenters. The van der Waals surface area contributed by atoms with Crippen LogP contribution in [0.25, 0.3) is 0 Å². The van der Waals surface area contributed by atoms with Gasteiger partial charge in [-0.25, -0.2) is 9.07 Å². The van der Waals surface area contributed by atoms with Gasteiger partial charge in [0, 0.05) is 22.2 Å². The van der Waals surface area contributed by atoms with Crippen LogP contribution in [0.15, 0.2) is 48.8 Å². The number of benzene rings is 2. The van der Waals surface area contributed by atoms with Crippen LogP contribution in [0.1, 0.15) is 34.3 Å². The number of halogens is 2. The largest absolute Gasteiger partial charge is 0.331 e. The van der Waals surface area contributed by atoms with Gasteiger partial charge >= 0.3 is 0 Å². The topological polar surface area (TPSA) is 63.9 Å². The van der Waals surface area contributed by atoms with Gasteiger partial charge < -0.3 is 4.90 Å². The summed E-state index contributed by atoms with van der Waals surface area (Å²) in [6.07, 6.45) is 3.39. The number of carbonyl (C=O) groups excluding carboxylic acids is 1. The fourth-order valence-electron chi connectivity index (χ4n) is 2.96. The second kappa shape index (κ2) is 7.44. The van der Waals surface area contributed by atoms with E-state index in [-0.39, 0.29) is 18.5 Å². The van der Waals surface area contributed by atoms with Crippen molar-refractivity contribution in [3.63, 3.8) is 0 Å². The van der Waals surface area contributed by atoms with Crippen LogP contribution in [-0.4, -0.2) is 37.1 Å². The SMILES string of the molecule is O=C(c1ccc(Cn2cnnn2)cc1)N(Cc1c(F)cccc1Cl)C1CC1. The lowest BCUT2D eigenvalue weighted by atomic mass is 10.1. The molecular formula is C19H17ClFN5O. The Morgan fingerprint density at radius 1 is 1.22 bits per heavy atom. The van der Waals surface area contributed by atoms with Gasteiger partial charge in [-0.15, -0.1) is 5.10 Å². The van der Waals surface area contributed by atoms with E-state index in [1.54, 1.807) is 33.8 Å². The average Bonchev–Trinajstić information content (AvgIpc) is 3.38. The lowest BCUT2D eigenvalue weighted by Gasteiger charge is -2.23. The normalized spacial score (nSPS) is 13.6. The number of carbonyl (C=O) groups is 1. The van der Waals surface area contributed by atoms with Crippen LogP contribution in [0.5, 0.6) is 0 Å². The Kier molecular flexibility index (Phi) is 4.85. The molecule has 2 aromatic carbocycles. The van der Waals surface area contributed by atoms with E-state index in [4.69, 9.17) is 11.6 Å². The molecule has 27 heavy (non-hydrogen) atoms. The summed E-state index contributed by atoms with van der Waals surface area (Å²) in [4.78, 5) is 14.7. The molecule has 6 nitrogen and oxygen atoms in total. The maximum Gasteiger partial charge on any atom is 0.254 e. The van der Waals surface area contributed by atoms with Gasteiger partial charge in [-0.05, 0) is 53.1 Å². The molecule has 0 spiro atoms. The van der Waals surface area contributed by atoms with E-state index in [0.29, 0.717) is 22.7 Å². The number of hydrogen-bond donors (Lipinski definition) is 0. The molecule has 0 N–H and O–H groups in total. The van der Waals surface area contributed by atoms with E-state index in [1.807, 2.05) is 12.1 Å². The van der Waals surface area contributed by atoms with Gasteiger partial charge in [-0.1, -0.05) is 29.8 Å². The molecule has 1 aliphatic rings. The molecule has 1 aliphatic carbocycles. The zero-order chi connectivity index (χ0) is 18.8. The first-order valence-corrected chi connectivity index (χ1v) is 9.03. The van der Waals surface area contributed by atoms with E-state index in [9.17, 15) is 9.18 Å². The van der Waals surface area contributed by atoms with Crippen molar-refractivity contribution in [2.45, 2.75) is 32.0 Å². The summed E-state index contributed by atoms with van der Waals surface area (Å²) in [5.74, 6) is -0.511. The predicted octanol–water partition coefficient (Wildman–Crippen LogP) is 3.32. The van der Waals surface area contributed by atoms with Crippen molar-refractivity contribution >= 4 is 17.5 Å². The molecule has 1 fully saturated rings. The highest BCUT2D eigenvalue weighted by Crippen LogP contribution is 2.32. The molecule has 1 amide bonds. The predicted molar refractivity (Wildman–Crippen MR) is 97.7 cm³/mol. The van der Waals surface area contributed by atoms with Crippen molar-refractivity contribution in [2.75, 3.05) is 0 Å². The summed E-state index contributed by atoms with van der Waals surface area (Å²) in [5.41, 5.74) is 1.90. The molecule has 0 radical (unpaired) electrons. The fourth-order valence-corrected chi connectivity index (χ4v) is 3.19. The van der Waals surface area contributed by atoms with Crippen molar-refractivity contribution in [3.8, 4) is 0 Å². The third kappa shape index (κ3) is 3.98. The van der Waals surface area contributed by atoms with Gasteiger partial charge in [0.2, 0.25) is 0 Å². The van der Waals surface area contributed by atoms with Crippen LogP contribution >= 0.6 is 11.6 Å². The molecule has 8 heteroatoms. The second-order valence-electron chi connectivity index (χ2n) is 6.57. The van der Waals surface area contributed by atoms with Crippen molar-refractivity contribution in [1.82, 2.24) is 25.1 Å². The molecule has 0 bridgehead atoms. The monoisotopic (exact) mass is 385 g/mol. The molecule has 0 atom stereocenters. The number of amides is 1. The maximum absolute atomic E-state index is 14.2. The van der Waals surface area contributed by atoms with Gasteiger partial charge in [-0.3, -0.25) is 4.79 Å². The minimum absolute atomic E-state index is 0.120. The summed E-state index contributed by atoms with van der Waals surface area (Å²) >= 11 is 6.14. The van der Waals surface area contributed by atoms with Crippen LogP contribution < -0.4 is 0 Å². The summed E-state index contributed by atoms with van der Waals surface area (Å²) in [7, 11) is 0. The van der Waals surface area contributed by atoms with E-state index in [1.165, 1.54) is 12.4 Å². The molecule has 4 rings (SSSR count). The first-order chi connectivity index (χ1) is 13.1. The van der Waals surface area contributed by atoms with E-state index in [0.717, 1.165) is 18.4 Å². The zero-order valence-electron chi connectivity index (χ0n) is 14.4. The smallest absolute Gasteiger partial charge is 0.254 e. The quantitative estimate of drug-likeness (QED) is 0.653. The van der Waals surface area contributed by atoms with E-state index < -0.39 is 5.82 Å². The standard InChI is InChI=1S/C19H17ClFN5O/c20-17-2-1-3-18(21)16(17)11-26(15-8-9-15)19(27)14-6-4-13(5-7-14)10-25-12-22-23-24-25/h1-7,12,15H,8-11H2. The molecular weight excluding hydrogens is 369 g/mol. The zero-order valence-corrected chi connectivity index (χ0v) is 15.2. The minimum Gasteiger partial charge on any atom is -0.331 e. The Bertz CT molecular complexity index is 921. The van der Waals surface area contributed by atoms with Crippen molar-refractivity contribution < 1.29 is 9.18 Å². The number of rotatable bonds is 6. The van der Waals surface area contributed by atoms with Crippen LogP contribution in [0.2, 0.25) is 5.02 Å². The van der Waals surface area contributed by atoms with Gasteiger partial charge in [0.05, 0.1) is 13.1 Å². The van der Waals surface area contributed by atoms with Crippen molar-refractivity contribution in [2.24, 2.45) is 0 Å². The van der Waals surface area contributed by atoms with Crippen molar-refractivity contribution in [1.29, 1.82) is 0 Å². The molecule has 0 aliphatic heterocycles. The minimum atomic E-state index is -0.391.